The molecule has 2 aromatic rings. The number of aromatic nitrogens is 3. The number of rotatable bonds is 6. The number of amides is 1. The van der Waals surface area contributed by atoms with Crippen LogP contribution >= 0.6 is 0 Å². The summed E-state index contributed by atoms with van der Waals surface area (Å²) in [6.07, 6.45) is 2.58. The Labute approximate surface area is 139 Å². The standard InChI is InChI=1S/C17H20F2N4O/c18-17(19)9-8-13(10-17)11-20-16(24)7-6-15-22-21-12-23(15)14-4-2-1-3-5-14/h1-5,12-13H,6-11H2,(H,20,24). The van der Waals surface area contributed by atoms with Crippen LogP contribution in [0, 0.1) is 5.92 Å². The number of carbonyl (C=O) groups is 1. The summed E-state index contributed by atoms with van der Waals surface area (Å²) in [7, 11) is 0. The monoisotopic (exact) mass is 334 g/mol. The molecule has 1 aliphatic rings. The molecule has 0 bridgehead atoms. The van der Waals surface area contributed by atoms with Gasteiger partial charge in [-0.25, -0.2) is 8.78 Å². The minimum atomic E-state index is -2.57. The van der Waals surface area contributed by atoms with Gasteiger partial charge in [-0.1, -0.05) is 18.2 Å². The fraction of sp³-hybridized carbons (Fsp3) is 0.471. The van der Waals surface area contributed by atoms with E-state index in [-0.39, 0.29) is 31.1 Å². The summed E-state index contributed by atoms with van der Waals surface area (Å²) in [5, 5.41) is 10.7. The maximum atomic E-state index is 13.1. The summed E-state index contributed by atoms with van der Waals surface area (Å²) in [5.74, 6) is -2.14. The molecule has 1 aromatic carbocycles. The molecular formula is C17H20F2N4O. The van der Waals surface area contributed by atoms with Crippen LogP contribution in [0.15, 0.2) is 36.7 Å². The van der Waals surface area contributed by atoms with Crippen LogP contribution in [0.5, 0.6) is 0 Å². The van der Waals surface area contributed by atoms with Gasteiger partial charge < -0.3 is 5.32 Å². The van der Waals surface area contributed by atoms with Gasteiger partial charge in [0.2, 0.25) is 11.8 Å². The van der Waals surface area contributed by atoms with Crippen LogP contribution in [0.1, 0.15) is 31.5 Å². The Bertz CT molecular complexity index is 687. The minimum absolute atomic E-state index is 0.0757. The molecular weight excluding hydrogens is 314 g/mol. The number of aryl methyl sites for hydroxylation is 1. The molecule has 1 N–H and O–H groups in total. The first-order chi connectivity index (χ1) is 11.5. The fourth-order valence-electron chi connectivity index (χ4n) is 3.02. The molecule has 3 rings (SSSR count). The third-order valence-corrected chi connectivity index (χ3v) is 4.32. The van der Waals surface area contributed by atoms with E-state index in [1.54, 1.807) is 6.33 Å². The molecule has 1 aliphatic carbocycles. The molecule has 128 valence electrons. The Kier molecular flexibility index (Phi) is 4.87. The summed E-state index contributed by atoms with van der Waals surface area (Å²) in [6, 6.07) is 9.64. The van der Waals surface area contributed by atoms with Crippen molar-refractivity contribution in [1.29, 1.82) is 0 Å². The van der Waals surface area contributed by atoms with Gasteiger partial charge in [-0.15, -0.1) is 10.2 Å². The summed E-state index contributed by atoms with van der Waals surface area (Å²) in [6.45, 7) is 0.319. The molecule has 1 unspecified atom stereocenters. The molecule has 1 saturated carbocycles. The lowest BCUT2D eigenvalue weighted by atomic mass is 10.1. The van der Waals surface area contributed by atoms with Crippen LogP contribution in [-0.4, -0.2) is 33.1 Å². The van der Waals surface area contributed by atoms with E-state index in [2.05, 4.69) is 15.5 Å². The van der Waals surface area contributed by atoms with Crippen molar-refractivity contribution in [3.63, 3.8) is 0 Å². The molecule has 24 heavy (non-hydrogen) atoms. The average Bonchev–Trinajstić information content (AvgIpc) is 3.18. The minimum Gasteiger partial charge on any atom is -0.356 e. The largest absolute Gasteiger partial charge is 0.356 e. The second-order valence-electron chi connectivity index (χ2n) is 6.22. The van der Waals surface area contributed by atoms with Crippen LogP contribution in [0.4, 0.5) is 8.78 Å². The van der Waals surface area contributed by atoms with E-state index < -0.39 is 5.92 Å². The fourth-order valence-corrected chi connectivity index (χ4v) is 3.02. The van der Waals surface area contributed by atoms with E-state index in [1.165, 1.54) is 0 Å². The van der Waals surface area contributed by atoms with Gasteiger partial charge in [-0.3, -0.25) is 9.36 Å². The zero-order chi connectivity index (χ0) is 17.0. The van der Waals surface area contributed by atoms with Crippen LogP contribution in [0.3, 0.4) is 0 Å². The topological polar surface area (TPSA) is 59.8 Å². The van der Waals surface area contributed by atoms with Crippen molar-refractivity contribution in [3.8, 4) is 5.69 Å². The molecule has 0 saturated heterocycles. The van der Waals surface area contributed by atoms with E-state index >= 15 is 0 Å². The summed E-state index contributed by atoms with van der Waals surface area (Å²) in [4.78, 5) is 11.9. The van der Waals surface area contributed by atoms with Gasteiger partial charge in [-0.05, 0) is 24.5 Å². The van der Waals surface area contributed by atoms with Crippen LogP contribution < -0.4 is 5.32 Å². The molecule has 1 heterocycles. The Hall–Kier alpha value is -2.31. The number of carbonyl (C=O) groups excluding carboxylic acids is 1. The summed E-state index contributed by atoms with van der Waals surface area (Å²) < 4.78 is 28.1. The normalized spacial score (nSPS) is 19.3. The number of halogens is 2. The molecule has 5 nitrogen and oxygen atoms in total. The Morgan fingerprint density at radius 2 is 2.12 bits per heavy atom. The molecule has 7 heteroatoms. The van der Waals surface area contributed by atoms with Crippen molar-refractivity contribution >= 4 is 5.91 Å². The first-order valence-corrected chi connectivity index (χ1v) is 8.12. The number of alkyl halides is 2. The van der Waals surface area contributed by atoms with E-state index in [1.807, 2.05) is 34.9 Å². The zero-order valence-electron chi connectivity index (χ0n) is 13.3. The summed E-state index contributed by atoms with van der Waals surface area (Å²) in [5.41, 5.74) is 0.936. The molecule has 1 atom stereocenters. The average molecular weight is 334 g/mol. The van der Waals surface area contributed by atoms with E-state index in [4.69, 9.17) is 0 Å². The predicted molar refractivity (Wildman–Crippen MR) is 85.0 cm³/mol. The Morgan fingerprint density at radius 3 is 2.83 bits per heavy atom. The molecule has 0 radical (unpaired) electrons. The number of hydrogen-bond donors (Lipinski definition) is 1. The van der Waals surface area contributed by atoms with Gasteiger partial charge in [0.1, 0.15) is 12.2 Å². The predicted octanol–water partition coefficient (Wildman–Crippen LogP) is 2.75. The second-order valence-corrected chi connectivity index (χ2v) is 6.22. The number of hydrogen-bond acceptors (Lipinski definition) is 3. The van der Waals surface area contributed by atoms with Gasteiger partial charge in [0, 0.05) is 37.9 Å². The van der Waals surface area contributed by atoms with Crippen molar-refractivity contribution in [2.45, 2.75) is 38.0 Å². The molecule has 1 aromatic heterocycles. The maximum Gasteiger partial charge on any atom is 0.248 e. The van der Waals surface area contributed by atoms with E-state index in [0.717, 1.165) is 5.69 Å². The van der Waals surface area contributed by atoms with Crippen molar-refractivity contribution in [3.05, 3.63) is 42.5 Å². The van der Waals surface area contributed by atoms with Gasteiger partial charge in [0.25, 0.3) is 0 Å². The number of nitrogens with one attached hydrogen (secondary N) is 1. The highest BCUT2D eigenvalue weighted by atomic mass is 19.3. The van der Waals surface area contributed by atoms with Crippen molar-refractivity contribution < 1.29 is 13.6 Å². The molecule has 1 fully saturated rings. The lowest BCUT2D eigenvalue weighted by molar-refractivity contribution is -0.121. The quantitative estimate of drug-likeness (QED) is 0.884. The molecule has 1 amide bonds. The third kappa shape index (κ3) is 4.15. The van der Waals surface area contributed by atoms with E-state index in [9.17, 15) is 13.6 Å². The molecule has 0 spiro atoms. The SMILES string of the molecule is O=C(CCc1nncn1-c1ccccc1)NCC1CCC(F)(F)C1. The zero-order valence-corrected chi connectivity index (χ0v) is 13.3. The van der Waals surface area contributed by atoms with Gasteiger partial charge in [0.15, 0.2) is 0 Å². The van der Waals surface area contributed by atoms with Crippen LogP contribution in [-0.2, 0) is 11.2 Å². The van der Waals surface area contributed by atoms with Crippen LogP contribution in [0.25, 0.3) is 5.69 Å². The number of benzene rings is 1. The molecule has 0 aliphatic heterocycles. The van der Waals surface area contributed by atoms with Crippen molar-refractivity contribution in [2.75, 3.05) is 6.54 Å². The highest BCUT2D eigenvalue weighted by Gasteiger charge is 2.39. The second kappa shape index (κ2) is 7.07. The van der Waals surface area contributed by atoms with Gasteiger partial charge in [0.05, 0.1) is 0 Å². The first kappa shape index (κ1) is 16.5. The van der Waals surface area contributed by atoms with Gasteiger partial charge >= 0.3 is 0 Å². The Morgan fingerprint density at radius 1 is 1.33 bits per heavy atom. The maximum absolute atomic E-state index is 13.1. The summed E-state index contributed by atoms with van der Waals surface area (Å²) >= 11 is 0. The lowest BCUT2D eigenvalue weighted by Crippen LogP contribution is -2.29. The van der Waals surface area contributed by atoms with E-state index in [0.29, 0.717) is 25.2 Å². The number of nitrogens with zero attached hydrogens (tertiary/aromatic N) is 3. The van der Waals surface area contributed by atoms with Crippen molar-refractivity contribution in [1.82, 2.24) is 20.1 Å². The van der Waals surface area contributed by atoms with Gasteiger partial charge in [-0.2, -0.15) is 0 Å². The Balaban J connectivity index is 1.48. The smallest absolute Gasteiger partial charge is 0.248 e. The highest BCUT2D eigenvalue weighted by molar-refractivity contribution is 5.76. The van der Waals surface area contributed by atoms with Crippen LogP contribution in [0.2, 0.25) is 0 Å². The number of para-hydroxylation sites is 1. The highest BCUT2D eigenvalue weighted by Crippen LogP contribution is 2.38. The van der Waals surface area contributed by atoms with Crippen molar-refractivity contribution in [2.24, 2.45) is 5.92 Å². The third-order valence-electron chi connectivity index (χ3n) is 4.32. The lowest BCUT2D eigenvalue weighted by Gasteiger charge is -2.12. The first-order valence-electron chi connectivity index (χ1n) is 8.12.